The Balaban J connectivity index is 2.77. The van der Waals surface area contributed by atoms with Gasteiger partial charge in [0.1, 0.15) is 0 Å². The molecule has 1 rings (SSSR count). The number of hydrogen-bond acceptors (Lipinski definition) is 3. The van der Waals surface area contributed by atoms with Crippen molar-refractivity contribution in [3.05, 3.63) is 22.4 Å². The van der Waals surface area contributed by atoms with E-state index in [1.54, 1.807) is 18.4 Å². The van der Waals surface area contributed by atoms with Gasteiger partial charge < -0.3 is 9.64 Å². The number of carbonyl (C=O) groups is 1. The van der Waals surface area contributed by atoms with Crippen LogP contribution in [0.1, 0.15) is 37.0 Å². The first kappa shape index (κ1) is 14.2. The van der Waals surface area contributed by atoms with Gasteiger partial charge in [-0.05, 0) is 24.3 Å². The van der Waals surface area contributed by atoms with Crippen molar-refractivity contribution in [2.45, 2.75) is 32.7 Å². The highest BCUT2D eigenvalue weighted by Crippen LogP contribution is 2.15. The SMILES string of the molecule is CCC(CC)N(CCOC)C(=O)c1ccsc1. The molecule has 0 aliphatic rings. The lowest BCUT2D eigenvalue weighted by molar-refractivity contribution is 0.0590. The third-order valence-electron chi connectivity index (χ3n) is 2.95. The Morgan fingerprint density at radius 1 is 1.47 bits per heavy atom. The third kappa shape index (κ3) is 3.82. The van der Waals surface area contributed by atoms with Crippen molar-refractivity contribution in [2.24, 2.45) is 0 Å². The molecule has 1 amide bonds. The molecule has 0 bridgehead atoms. The molecule has 0 saturated heterocycles. The molecule has 0 aliphatic heterocycles. The molecule has 1 aromatic rings. The molecular formula is C13H21NO2S. The van der Waals surface area contributed by atoms with Crippen LogP contribution in [0.25, 0.3) is 0 Å². The van der Waals surface area contributed by atoms with Crippen LogP contribution < -0.4 is 0 Å². The van der Waals surface area contributed by atoms with Crippen molar-refractivity contribution in [1.29, 1.82) is 0 Å². The van der Waals surface area contributed by atoms with Gasteiger partial charge in [-0.2, -0.15) is 11.3 Å². The lowest BCUT2D eigenvalue weighted by atomic mass is 10.1. The molecule has 96 valence electrons. The zero-order valence-corrected chi connectivity index (χ0v) is 11.6. The predicted octanol–water partition coefficient (Wildman–Crippen LogP) is 3.03. The number of thiophene rings is 1. The van der Waals surface area contributed by atoms with Gasteiger partial charge in [-0.1, -0.05) is 13.8 Å². The Hall–Kier alpha value is -0.870. The molecule has 0 spiro atoms. The van der Waals surface area contributed by atoms with Crippen molar-refractivity contribution in [1.82, 2.24) is 4.90 Å². The van der Waals surface area contributed by atoms with E-state index in [4.69, 9.17) is 4.74 Å². The van der Waals surface area contributed by atoms with Crippen molar-refractivity contribution >= 4 is 17.2 Å². The highest BCUT2D eigenvalue weighted by molar-refractivity contribution is 7.08. The second-order valence-corrected chi connectivity index (χ2v) is 4.75. The van der Waals surface area contributed by atoms with Gasteiger partial charge in [0.05, 0.1) is 12.2 Å². The van der Waals surface area contributed by atoms with Gasteiger partial charge in [0, 0.05) is 25.1 Å². The fraction of sp³-hybridized carbons (Fsp3) is 0.615. The summed E-state index contributed by atoms with van der Waals surface area (Å²) in [5.41, 5.74) is 0.790. The fourth-order valence-electron chi connectivity index (χ4n) is 1.92. The number of methoxy groups -OCH3 is 1. The van der Waals surface area contributed by atoms with Crippen molar-refractivity contribution in [2.75, 3.05) is 20.3 Å². The van der Waals surface area contributed by atoms with Gasteiger partial charge in [0.15, 0.2) is 0 Å². The van der Waals surface area contributed by atoms with Crippen LogP contribution in [0, 0.1) is 0 Å². The summed E-state index contributed by atoms with van der Waals surface area (Å²) >= 11 is 1.56. The molecular weight excluding hydrogens is 234 g/mol. The van der Waals surface area contributed by atoms with Crippen LogP contribution >= 0.6 is 11.3 Å². The largest absolute Gasteiger partial charge is 0.383 e. The Morgan fingerprint density at radius 2 is 2.18 bits per heavy atom. The van der Waals surface area contributed by atoms with E-state index in [1.807, 2.05) is 21.7 Å². The van der Waals surface area contributed by atoms with E-state index in [-0.39, 0.29) is 5.91 Å². The molecule has 0 saturated carbocycles. The van der Waals surface area contributed by atoms with Crippen LogP contribution in [0.2, 0.25) is 0 Å². The van der Waals surface area contributed by atoms with Crippen LogP contribution in [-0.4, -0.2) is 37.1 Å². The first-order chi connectivity index (χ1) is 8.24. The minimum Gasteiger partial charge on any atom is -0.383 e. The molecule has 3 nitrogen and oxygen atoms in total. The number of carbonyl (C=O) groups excluding carboxylic acids is 1. The third-order valence-corrected chi connectivity index (χ3v) is 3.63. The summed E-state index contributed by atoms with van der Waals surface area (Å²) in [5, 5.41) is 3.85. The summed E-state index contributed by atoms with van der Waals surface area (Å²) < 4.78 is 5.09. The van der Waals surface area contributed by atoms with Gasteiger partial charge >= 0.3 is 0 Å². The number of hydrogen-bond donors (Lipinski definition) is 0. The van der Waals surface area contributed by atoms with Crippen LogP contribution in [0.4, 0.5) is 0 Å². The monoisotopic (exact) mass is 255 g/mol. The second-order valence-electron chi connectivity index (χ2n) is 3.97. The molecule has 0 aliphatic carbocycles. The molecule has 17 heavy (non-hydrogen) atoms. The highest BCUT2D eigenvalue weighted by Gasteiger charge is 2.22. The first-order valence-electron chi connectivity index (χ1n) is 6.06. The zero-order chi connectivity index (χ0) is 12.7. The lowest BCUT2D eigenvalue weighted by Gasteiger charge is -2.30. The minimum atomic E-state index is 0.122. The summed E-state index contributed by atoms with van der Waals surface area (Å²) in [6.07, 6.45) is 1.96. The van der Waals surface area contributed by atoms with E-state index >= 15 is 0 Å². The van der Waals surface area contributed by atoms with Crippen LogP contribution in [0.5, 0.6) is 0 Å². The van der Waals surface area contributed by atoms with Gasteiger partial charge in [0.2, 0.25) is 0 Å². The maximum atomic E-state index is 12.3. The maximum absolute atomic E-state index is 12.3. The fourth-order valence-corrected chi connectivity index (χ4v) is 2.55. The summed E-state index contributed by atoms with van der Waals surface area (Å²) in [7, 11) is 1.67. The van der Waals surface area contributed by atoms with Crippen LogP contribution in [0.15, 0.2) is 16.8 Å². The van der Waals surface area contributed by atoms with Crippen LogP contribution in [0.3, 0.4) is 0 Å². The maximum Gasteiger partial charge on any atom is 0.255 e. The smallest absolute Gasteiger partial charge is 0.255 e. The molecule has 1 heterocycles. The molecule has 0 radical (unpaired) electrons. The van der Waals surface area contributed by atoms with E-state index in [0.29, 0.717) is 19.2 Å². The van der Waals surface area contributed by atoms with Crippen LogP contribution in [-0.2, 0) is 4.74 Å². The Kier molecular flexibility index (Phi) is 6.22. The standard InChI is InChI=1S/C13H21NO2S/c1-4-12(5-2)14(7-8-16-3)13(15)11-6-9-17-10-11/h6,9-10,12H,4-5,7-8H2,1-3H3. The molecule has 0 fully saturated rings. The van der Waals surface area contributed by atoms with E-state index in [0.717, 1.165) is 18.4 Å². The van der Waals surface area contributed by atoms with Crippen molar-refractivity contribution in [3.8, 4) is 0 Å². The second kappa shape index (κ2) is 7.45. The quantitative estimate of drug-likeness (QED) is 0.749. The lowest BCUT2D eigenvalue weighted by Crippen LogP contribution is -2.41. The number of ether oxygens (including phenoxy) is 1. The molecule has 0 aromatic carbocycles. The highest BCUT2D eigenvalue weighted by atomic mass is 32.1. The van der Waals surface area contributed by atoms with E-state index in [1.165, 1.54) is 0 Å². The molecule has 0 N–H and O–H groups in total. The zero-order valence-electron chi connectivity index (χ0n) is 10.8. The Bertz CT molecular complexity index is 320. The summed E-state index contributed by atoms with van der Waals surface area (Å²) in [4.78, 5) is 14.3. The van der Waals surface area contributed by atoms with Gasteiger partial charge in [0.25, 0.3) is 5.91 Å². The normalized spacial score (nSPS) is 10.8. The molecule has 4 heteroatoms. The van der Waals surface area contributed by atoms with E-state index < -0.39 is 0 Å². The Morgan fingerprint density at radius 3 is 2.65 bits per heavy atom. The number of nitrogens with zero attached hydrogens (tertiary/aromatic N) is 1. The van der Waals surface area contributed by atoms with Gasteiger partial charge in [-0.3, -0.25) is 4.79 Å². The van der Waals surface area contributed by atoms with Crippen molar-refractivity contribution < 1.29 is 9.53 Å². The van der Waals surface area contributed by atoms with Gasteiger partial charge in [-0.25, -0.2) is 0 Å². The average molecular weight is 255 g/mol. The molecule has 0 unspecified atom stereocenters. The topological polar surface area (TPSA) is 29.5 Å². The first-order valence-corrected chi connectivity index (χ1v) is 7.00. The summed E-state index contributed by atoms with van der Waals surface area (Å²) in [6.45, 7) is 5.49. The predicted molar refractivity (Wildman–Crippen MR) is 71.6 cm³/mol. The number of amides is 1. The Labute approximate surface area is 107 Å². The van der Waals surface area contributed by atoms with Crippen molar-refractivity contribution in [3.63, 3.8) is 0 Å². The minimum absolute atomic E-state index is 0.122. The number of rotatable bonds is 7. The summed E-state index contributed by atoms with van der Waals surface area (Å²) in [5.74, 6) is 0.122. The summed E-state index contributed by atoms with van der Waals surface area (Å²) in [6, 6.07) is 2.19. The average Bonchev–Trinajstić information content (AvgIpc) is 2.87. The van der Waals surface area contributed by atoms with E-state index in [2.05, 4.69) is 13.8 Å². The van der Waals surface area contributed by atoms with E-state index in [9.17, 15) is 4.79 Å². The molecule has 0 atom stereocenters. The molecule has 1 aromatic heterocycles. The van der Waals surface area contributed by atoms with Gasteiger partial charge in [-0.15, -0.1) is 0 Å².